The van der Waals surface area contributed by atoms with Crippen molar-refractivity contribution in [1.29, 1.82) is 5.41 Å². The number of nitrogens with zero attached hydrogens (tertiary/aromatic N) is 2. The number of nitrogen functional groups attached to an aromatic ring is 1. The Morgan fingerprint density at radius 2 is 1.48 bits per heavy atom. The summed E-state index contributed by atoms with van der Waals surface area (Å²) < 4.78 is 5.57. The first-order chi connectivity index (χ1) is 16.0. The van der Waals surface area contributed by atoms with Gasteiger partial charge in [0.05, 0.1) is 6.61 Å². The maximum absolute atomic E-state index is 6.92. The number of aryl methyl sites for hydroxylation is 1. The van der Waals surface area contributed by atoms with Gasteiger partial charge in [-0.25, -0.2) is 0 Å². The molecule has 2 aromatic rings. The summed E-state index contributed by atoms with van der Waals surface area (Å²) in [5, 5.41) is 6.92. The zero-order valence-corrected chi connectivity index (χ0v) is 23.2. The monoisotopic (exact) mass is 460 g/mol. The maximum atomic E-state index is 6.92. The first-order valence-electron chi connectivity index (χ1n) is 12.8. The molecule has 0 amide bonds. The summed E-state index contributed by atoms with van der Waals surface area (Å²) in [4.78, 5) is 6.53. The Labute approximate surface area is 205 Å². The molecule has 33 heavy (non-hydrogen) atoms. The van der Waals surface area contributed by atoms with E-state index in [4.69, 9.17) is 15.9 Å². The largest absolute Gasteiger partial charge is 0.478 e. The Morgan fingerprint density at radius 3 is 1.91 bits per heavy atom. The molecule has 3 N–H and O–H groups in total. The van der Waals surface area contributed by atoms with Gasteiger partial charge in [0, 0.05) is 37.1 Å². The molecule has 1 aromatic carbocycles. The predicted molar refractivity (Wildman–Crippen MR) is 150 cm³/mol. The highest BCUT2D eigenvalue weighted by molar-refractivity contribution is 5.76. The van der Waals surface area contributed by atoms with Crippen LogP contribution in [0.2, 0.25) is 0 Å². The van der Waals surface area contributed by atoms with Crippen molar-refractivity contribution in [3.63, 3.8) is 0 Å². The Kier molecular flexibility index (Phi) is 27.3. The average Bonchev–Trinajstić information content (AvgIpc) is 2.86. The number of nitrogens with two attached hydrogens (primary N) is 1. The van der Waals surface area contributed by atoms with E-state index in [0.717, 1.165) is 43.6 Å². The quantitative estimate of drug-likeness (QED) is 0.370. The van der Waals surface area contributed by atoms with Crippen LogP contribution in [-0.2, 0) is 0 Å². The van der Waals surface area contributed by atoms with Crippen LogP contribution in [0, 0.1) is 12.3 Å². The molecule has 0 fully saturated rings. The number of hydrogen-bond donors (Lipinski definition) is 2. The van der Waals surface area contributed by atoms with Gasteiger partial charge in [-0.3, -0.25) is 0 Å². The minimum atomic E-state index is 0.524. The third kappa shape index (κ3) is 17.6. The van der Waals surface area contributed by atoms with Crippen molar-refractivity contribution >= 4 is 17.7 Å². The molecule has 0 atom stereocenters. The summed E-state index contributed by atoms with van der Waals surface area (Å²) >= 11 is 0. The fourth-order valence-electron chi connectivity index (χ4n) is 2.64. The highest BCUT2D eigenvalue weighted by Gasteiger charge is 2.08. The lowest BCUT2D eigenvalue weighted by Gasteiger charge is -2.24. The molecule has 0 saturated heterocycles. The van der Waals surface area contributed by atoms with Gasteiger partial charge in [-0.05, 0) is 31.7 Å². The Bertz CT molecular complexity index is 683. The standard InChI is InChI=1S/C14H25N3O.C8H9N.3C2H6/c1-4-7-17(8-5-2)12-10-13(15)16-14(11-12)18-9-6-3;1-7-3-2-4-8(5-7)6-9;3*1-2/h10-11H,4-9H2,1-3H3,(H2,15,16);2-6,9H,1H3;3*1-2H3. The minimum absolute atomic E-state index is 0.524. The molecule has 0 spiro atoms. The third-order valence-electron chi connectivity index (χ3n) is 3.82. The van der Waals surface area contributed by atoms with Crippen LogP contribution in [0.1, 0.15) is 92.7 Å². The summed E-state index contributed by atoms with van der Waals surface area (Å²) in [7, 11) is 0. The summed E-state index contributed by atoms with van der Waals surface area (Å²) in [5.41, 5.74) is 9.12. The molecule has 0 radical (unpaired) electrons. The van der Waals surface area contributed by atoms with Crippen molar-refractivity contribution in [3.8, 4) is 5.88 Å². The number of hydrogen-bond acceptors (Lipinski definition) is 5. The molecule has 1 aromatic heterocycles. The van der Waals surface area contributed by atoms with Gasteiger partial charge in [0.15, 0.2) is 0 Å². The van der Waals surface area contributed by atoms with E-state index in [-0.39, 0.29) is 0 Å². The lowest BCUT2D eigenvalue weighted by molar-refractivity contribution is 0.306. The molecule has 0 unspecified atom stereocenters. The maximum Gasteiger partial charge on any atom is 0.217 e. The van der Waals surface area contributed by atoms with Crippen molar-refractivity contribution < 1.29 is 4.74 Å². The fraction of sp³-hybridized carbons (Fsp3) is 0.571. The molecule has 1 heterocycles. The number of aromatic nitrogens is 1. The van der Waals surface area contributed by atoms with Crippen molar-refractivity contribution in [2.45, 2.75) is 88.5 Å². The molecule has 0 bridgehead atoms. The van der Waals surface area contributed by atoms with Crippen molar-refractivity contribution in [2.75, 3.05) is 30.3 Å². The van der Waals surface area contributed by atoms with Crippen LogP contribution >= 0.6 is 0 Å². The number of nitrogens with one attached hydrogen (secondary N) is 1. The molecular weight excluding hydrogens is 408 g/mol. The van der Waals surface area contributed by atoms with Crippen LogP contribution in [0.5, 0.6) is 5.88 Å². The number of rotatable bonds is 9. The lowest BCUT2D eigenvalue weighted by atomic mass is 10.2. The van der Waals surface area contributed by atoms with E-state index in [1.807, 2.05) is 84.9 Å². The first-order valence-corrected chi connectivity index (χ1v) is 12.8. The van der Waals surface area contributed by atoms with Gasteiger partial charge in [0.2, 0.25) is 5.88 Å². The minimum Gasteiger partial charge on any atom is -0.478 e. The topological polar surface area (TPSA) is 75.2 Å². The normalized spacial score (nSPS) is 8.67. The Hall–Kier alpha value is -2.56. The highest BCUT2D eigenvalue weighted by atomic mass is 16.5. The lowest BCUT2D eigenvalue weighted by Crippen LogP contribution is -2.25. The highest BCUT2D eigenvalue weighted by Crippen LogP contribution is 2.23. The average molecular weight is 461 g/mol. The van der Waals surface area contributed by atoms with Gasteiger partial charge in [-0.15, -0.1) is 0 Å². The van der Waals surface area contributed by atoms with Gasteiger partial charge >= 0.3 is 0 Å². The fourth-order valence-corrected chi connectivity index (χ4v) is 2.64. The van der Waals surface area contributed by atoms with E-state index in [9.17, 15) is 0 Å². The third-order valence-corrected chi connectivity index (χ3v) is 3.82. The van der Waals surface area contributed by atoms with Gasteiger partial charge in [-0.2, -0.15) is 4.98 Å². The van der Waals surface area contributed by atoms with Crippen molar-refractivity contribution in [3.05, 3.63) is 47.5 Å². The van der Waals surface area contributed by atoms with E-state index < -0.39 is 0 Å². The number of ether oxygens (including phenoxy) is 1. The zero-order chi connectivity index (χ0) is 26.1. The summed E-state index contributed by atoms with van der Waals surface area (Å²) in [5.74, 6) is 1.15. The van der Waals surface area contributed by atoms with E-state index in [1.165, 1.54) is 11.8 Å². The molecule has 5 heteroatoms. The number of anilines is 2. The van der Waals surface area contributed by atoms with Gasteiger partial charge in [0.1, 0.15) is 5.82 Å². The van der Waals surface area contributed by atoms with Crippen LogP contribution in [-0.4, -0.2) is 30.9 Å². The SMILES string of the molecule is CC.CC.CC.CCCOc1cc(N(CCC)CCC)cc(N)n1.Cc1cccc(C=N)c1. The van der Waals surface area contributed by atoms with E-state index in [0.29, 0.717) is 18.3 Å². The van der Waals surface area contributed by atoms with Gasteiger partial charge < -0.3 is 20.8 Å². The molecule has 0 saturated carbocycles. The van der Waals surface area contributed by atoms with Crippen LogP contribution in [0.3, 0.4) is 0 Å². The van der Waals surface area contributed by atoms with Crippen LogP contribution < -0.4 is 15.4 Å². The molecule has 0 aliphatic heterocycles. The molecule has 0 aliphatic carbocycles. The molecular formula is C28H52N4O. The van der Waals surface area contributed by atoms with Crippen molar-refractivity contribution in [2.24, 2.45) is 0 Å². The number of benzene rings is 1. The van der Waals surface area contributed by atoms with E-state index in [1.54, 1.807) is 0 Å². The second-order valence-corrected chi connectivity index (χ2v) is 6.48. The molecule has 5 nitrogen and oxygen atoms in total. The van der Waals surface area contributed by atoms with E-state index in [2.05, 4.69) is 30.7 Å². The van der Waals surface area contributed by atoms with Crippen LogP contribution in [0.4, 0.5) is 11.5 Å². The van der Waals surface area contributed by atoms with E-state index >= 15 is 0 Å². The summed E-state index contributed by atoms with van der Waals surface area (Å²) in [6, 6.07) is 11.8. The molecule has 2 rings (SSSR count). The smallest absolute Gasteiger partial charge is 0.217 e. The Balaban J connectivity index is -0.000000502. The Morgan fingerprint density at radius 1 is 0.909 bits per heavy atom. The first kappa shape index (κ1) is 35.0. The van der Waals surface area contributed by atoms with Crippen LogP contribution in [0.25, 0.3) is 0 Å². The second-order valence-electron chi connectivity index (χ2n) is 6.48. The second kappa shape index (κ2) is 25.7. The molecule has 0 aliphatic rings. The van der Waals surface area contributed by atoms with Crippen molar-refractivity contribution in [1.82, 2.24) is 4.98 Å². The predicted octanol–water partition coefficient (Wildman–Crippen LogP) is 8.15. The summed E-state index contributed by atoms with van der Waals surface area (Å²) in [6.07, 6.45) is 4.56. The summed E-state index contributed by atoms with van der Waals surface area (Å²) in [6.45, 7) is 23.2. The van der Waals surface area contributed by atoms with Crippen LogP contribution in [0.15, 0.2) is 36.4 Å². The van der Waals surface area contributed by atoms with Gasteiger partial charge in [0.25, 0.3) is 0 Å². The van der Waals surface area contributed by atoms with Gasteiger partial charge in [-0.1, -0.05) is 92.1 Å². The zero-order valence-electron chi connectivity index (χ0n) is 23.2. The molecule has 190 valence electrons. The number of pyridine rings is 1.